The maximum Gasteiger partial charge on any atom is 0.244 e. The number of carbonyl (C=O) groups is 1. The molecule has 0 saturated carbocycles. The molecule has 4 nitrogen and oxygen atoms in total. The monoisotopic (exact) mass is 281 g/mol. The summed E-state index contributed by atoms with van der Waals surface area (Å²) in [5.74, 6) is 0.103. The molecular formula is C17H19N3O. The van der Waals surface area contributed by atoms with Crippen LogP contribution in [0.5, 0.6) is 0 Å². The summed E-state index contributed by atoms with van der Waals surface area (Å²) in [4.78, 5) is 18.6. The zero-order valence-electron chi connectivity index (χ0n) is 12.1. The summed E-state index contributed by atoms with van der Waals surface area (Å²) in [5.41, 5.74) is 3.41. The number of carbonyl (C=O) groups excluding carboxylic acids is 1. The number of nitrogens with one attached hydrogen (secondary N) is 1. The average molecular weight is 281 g/mol. The number of likely N-dealkylation sites (N-methyl/N-ethyl adjacent to an activating group) is 1. The van der Waals surface area contributed by atoms with Gasteiger partial charge in [-0.3, -0.25) is 9.78 Å². The first-order valence-corrected chi connectivity index (χ1v) is 7.21. The van der Waals surface area contributed by atoms with Crippen LogP contribution in [0, 0.1) is 0 Å². The van der Waals surface area contributed by atoms with Gasteiger partial charge in [0.05, 0.1) is 0 Å². The fourth-order valence-electron chi connectivity index (χ4n) is 2.79. The summed E-state index contributed by atoms with van der Waals surface area (Å²) < 4.78 is 0. The maximum absolute atomic E-state index is 12.7. The highest BCUT2D eigenvalue weighted by Gasteiger charge is 2.27. The van der Waals surface area contributed by atoms with Crippen LogP contribution in [0.1, 0.15) is 22.7 Å². The van der Waals surface area contributed by atoms with Crippen molar-refractivity contribution in [3.8, 4) is 0 Å². The fraction of sp³-hybridized carbons (Fsp3) is 0.294. The minimum atomic E-state index is -0.239. The average Bonchev–Trinajstić information content (AvgIpc) is 2.54. The van der Waals surface area contributed by atoms with Crippen molar-refractivity contribution in [2.24, 2.45) is 0 Å². The lowest BCUT2D eigenvalue weighted by Gasteiger charge is -2.29. The van der Waals surface area contributed by atoms with Crippen molar-refractivity contribution in [1.82, 2.24) is 15.2 Å². The van der Waals surface area contributed by atoms with Crippen LogP contribution in [0.2, 0.25) is 0 Å². The number of pyridine rings is 1. The first-order valence-electron chi connectivity index (χ1n) is 7.21. The van der Waals surface area contributed by atoms with Crippen LogP contribution >= 0.6 is 0 Å². The molecule has 4 heteroatoms. The largest absolute Gasteiger partial charge is 0.340 e. The number of hydrogen-bond donors (Lipinski definition) is 1. The van der Waals surface area contributed by atoms with Crippen molar-refractivity contribution in [1.29, 1.82) is 0 Å². The van der Waals surface area contributed by atoms with Crippen LogP contribution in [0.3, 0.4) is 0 Å². The highest BCUT2D eigenvalue weighted by atomic mass is 16.2. The Bertz CT molecular complexity index is 627. The number of hydrogen-bond acceptors (Lipinski definition) is 3. The standard InChI is InChI=1S/C17H19N3O/c1-20(12-13-5-4-9-18-11-13)17(21)16-15-7-3-2-6-14(15)8-10-19-16/h2-7,9,11,16,19H,8,10,12H2,1H3. The molecule has 1 N–H and O–H groups in total. The highest BCUT2D eigenvalue weighted by molar-refractivity contribution is 5.83. The van der Waals surface area contributed by atoms with E-state index < -0.39 is 0 Å². The third kappa shape index (κ3) is 2.95. The van der Waals surface area contributed by atoms with E-state index in [1.54, 1.807) is 17.3 Å². The third-order valence-electron chi connectivity index (χ3n) is 3.87. The first-order chi connectivity index (χ1) is 10.3. The highest BCUT2D eigenvalue weighted by Crippen LogP contribution is 2.24. The SMILES string of the molecule is CN(Cc1cccnc1)C(=O)C1NCCc2ccccc21. The fourth-order valence-corrected chi connectivity index (χ4v) is 2.79. The number of rotatable bonds is 3. The molecule has 0 bridgehead atoms. The molecule has 1 aromatic carbocycles. The lowest BCUT2D eigenvalue weighted by molar-refractivity contribution is -0.133. The molecule has 2 heterocycles. The number of nitrogens with zero attached hydrogens (tertiary/aromatic N) is 2. The quantitative estimate of drug-likeness (QED) is 0.935. The minimum Gasteiger partial charge on any atom is -0.340 e. The zero-order valence-corrected chi connectivity index (χ0v) is 12.1. The second kappa shape index (κ2) is 6.06. The molecule has 1 aliphatic heterocycles. The molecule has 1 unspecified atom stereocenters. The molecule has 1 atom stereocenters. The molecule has 0 radical (unpaired) electrons. The van der Waals surface area contributed by atoms with Crippen molar-refractivity contribution in [2.75, 3.05) is 13.6 Å². The second-order valence-corrected chi connectivity index (χ2v) is 5.39. The van der Waals surface area contributed by atoms with Crippen molar-refractivity contribution in [3.63, 3.8) is 0 Å². The molecule has 0 aliphatic carbocycles. The van der Waals surface area contributed by atoms with Crippen LogP contribution in [0.15, 0.2) is 48.8 Å². The van der Waals surface area contributed by atoms with Gasteiger partial charge in [-0.15, -0.1) is 0 Å². The van der Waals surface area contributed by atoms with Gasteiger partial charge in [0.2, 0.25) is 5.91 Å². The molecule has 1 aromatic heterocycles. The van der Waals surface area contributed by atoms with Gasteiger partial charge in [0.25, 0.3) is 0 Å². The molecule has 0 saturated heterocycles. The van der Waals surface area contributed by atoms with E-state index in [1.807, 2.05) is 37.4 Å². The van der Waals surface area contributed by atoms with E-state index in [9.17, 15) is 4.79 Å². The molecule has 1 aliphatic rings. The molecule has 2 aromatic rings. The predicted octanol–water partition coefficient (Wildman–Crippen LogP) is 1.93. The third-order valence-corrected chi connectivity index (χ3v) is 3.87. The van der Waals surface area contributed by atoms with Gasteiger partial charge in [-0.25, -0.2) is 0 Å². The Kier molecular flexibility index (Phi) is 3.97. The maximum atomic E-state index is 12.7. The van der Waals surface area contributed by atoms with Crippen LogP contribution in [0.4, 0.5) is 0 Å². The van der Waals surface area contributed by atoms with Crippen LogP contribution in [0.25, 0.3) is 0 Å². The number of aromatic nitrogens is 1. The summed E-state index contributed by atoms with van der Waals surface area (Å²) in [6, 6.07) is 11.8. The van der Waals surface area contributed by atoms with E-state index in [0.29, 0.717) is 6.54 Å². The topological polar surface area (TPSA) is 45.2 Å². The minimum absolute atomic E-state index is 0.103. The van der Waals surface area contributed by atoms with Gasteiger partial charge in [-0.05, 0) is 29.2 Å². The molecule has 108 valence electrons. The van der Waals surface area contributed by atoms with E-state index in [4.69, 9.17) is 0 Å². The van der Waals surface area contributed by atoms with E-state index >= 15 is 0 Å². The summed E-state index contributed by atoms with van der Waals surface area (Å²) in [7, 11) is 1.84. The van der Waals surface area contributed by atoms with Gasteiger partial charge in [-0.1, -0.05) is 30.3 Å². The Hall–Kier alpha value is -2.20. The van der Waals surface area contributed by atoms with Crippen molar-refractivity contribution in [2.45, 2.75) is 19.0 Å². The van der Waals surface area contributed by atoms with Gasteiger partial charge in [0.15, 0.2) is 0 Å². The number of benzene rings is 1. The Morgan fingerprint density at radius 2 is 2.19 bits per heavy atom. The van der Waals surface area contributed by atoms with Gasteiger partial charge < -0.3 is 10.2 Å². The zero-order chi connectivity index (χ0) is 14.7. The molecule has 0 spiro atoms. The number of amides is 1. The summed E-state index contributed by atoms with van der Waals surface area (Å²) >= 11 is 0. The first kappa shape index (κ1) is 13.8. The predicted molar refractivity (Wildman–Crippen MR) is 81.6 cm³/mol. The van der Waals surface area contributed by atoms with Gasteiger partial charge in [0.1, 0.15) is 6.04 Å². The molecular weight excluding hydrogens is 262 g/mol. The lowest BCUT2D eigenvalue weighted by atomic mass is 9.93. The van der Waals surface area contributed by atoms with E-state index in [1.165, 1.54) is 5.56 Å². The lowest BCUT2D eigenvalue weighted by Crippen LogP contribution is -2.42. The van der Waals surface area contributed by atoms with Crippen molar-refractivity contribution < 1.29 is 4.79 Å². The summed E-state index contributed by atoms with van der Waals surface area (Å²) in [6.07, 6.45) is 4.52. The smallest absolute Gasteiger partial charge is 0.244 e. The van der Waals surface area contributed by atoms with E-state index in [2.05, 4.69) is 16.4 Å². The Balaban J connectivity index is 1.77. The second-order valence-electron chi connectivity index (χ2n) is 5.39. The van der Waals surface area contributed by atoms with Crippen LogP contribution in [-0.2, 0) is 17.8 Å². The Labute approximate surface area is 124 Å². The summed E-state index contributed by atoms with van der Waals surface area (Å²) in [6.45, 7) is 1.42. The summed E-state index contributed by atoms with van der Waals surface area (Å²) in [5, 5.41) is 3.33. The Morgan fingerprint density at radius 1 is 1.33 bits per heavy atom. The van der Waals surface area contributed by atoms with E-state index in [0.717, 1.165) is 24.1 Å². The van der Waals surface area contributed by atoms with Crippen LogP contribution < -0.4 is 5.32 Å². The molecule has 21 heavy (non-hydrogen) atoms. The molecule has 1 amide bonds. The van der Waals surface area contributed by atoms with Gasteiger partial charge >= 0.3 is 0 Å². The van der Waals surface area contributed by atoms with Crippen molar-refractivity contribution >= 4 is 5.91 Å². The van der Waals surface area contributed by atoms with E-state index in [-0.39, 0.29) is 11.9 Å². The van der Waals surface area contributed by atoms with Gasteiger partial charge in [-0.2, -0.15) is 0 Å². The normalized spacial score (nSPS) is 17.1. The molecule has 0 fully saturated rings. The Morgan fingerprint density at radius 3 is 3.00 bits per heavy atom. The van der Waals surface area contributed by atoms with Crippen molar-refractivity contribution in [3.05, 3.63) is 65.5 Å². The van der Waals surface area contributed by atoms with Gasteiger partial charge in [0, 0.05) is 32.5 Å². The molecule has 3 rings (SSSR count). The number of fused-ring (bicyclic) bond motifs is 1. The van der Waals surface area contributed by atoms with Crippen LogP contribution in [-0.4, -0.2) is 29.4 Å².